The fourth-order valence-electron chi connectivity index (χ4n) is 3.16. The summed E-state index contributed by atoms with van der Waals surface area (Å²) in [6.45, 7) is 7.52. The third-order valence-electron chi connectivity index (χ3n) is 4.29. The number of carbonyl (C=O) groups excluding carboxylic acids is 1. The van der Waals surface area contributed by atoms with Crippen LogP contribution in [0.5, 0.6) is 0 Å². The fourth-order valence-corrected chi connectivity index (χ4v) is 3.72. The maximum absolute atomic E-state index is 12.8. The Hall–Kier alpha value is -2.35. The summed E-state index contributed by atoms with van der Waals surface area (Å²) in [5, 5.41) is 4.49. The van der Waals surface area contributed by atoms with Gasteiger partial charge in [0.25, 0.3) is 5.91 Å². The Labute approximate surface area is 154 Å². The summed E-state index contributed by atoms with van der Waals surface area (Å²) in [4.78, 5) is 14.6. The van der Waals surface area contributed by atoms with Crippen LogP contribution in [0.2, 0.25) is 0 Å². The van der Waals surface area contributed by atoms with E-state index in [2.05, 4.69) is 30.6 Å². The lowest BCUT2D eigenvalue weighted by molar-refractivity contribution is 0.0732. The van der Waals surface area contributed by atoms with E-state index < -0.39 is 10.0 Å². The number of aromatic nitrogens is 2. The minimum Gasteiger partial charge on any atom is -0.334 e. The summed E-state index contributed by atoms with van der Waals surface area (Å²) in [5.41, 5.74) is 3.17. The average molecular weight is 376 g/mol. The van der Waals surface area contributed by atoms with Crippen LogP contribution in [-0.2, 0) is 28.5 Å². The highest BCUT2D eigenvalue weighted by molar-refractivity contribution is 7.92. The van der Waals surface area contributed by atoms with Crippen LogP contribution in [0.1, 0.15) is 42.4 Å². The molecule has 0 spiro atoms. The number of sulfonamides is 1. The largest absolute Gasteiger partial charge is 0.334 e. The fraction of sp³-hybridized carbons (Fsp3) is 0.444. The monoisotopic (exact) mass is 376 g/mol. The minimum absolute atomic E-state index is 0.0648. The first-order chi connectivity index (χ1) is 12.0. The number of hydrogen-bond donors (Lipinski definition) is 1. The highest BCUT2D eigenvalue weighted by Gasteiger charge is 2.28. The van der Waals surface area contributed by atoms with Crippen LogP contribution in [0, 0.1) is 0 Å². The van der Waals surface area contributed by atoms with Gasteiger partial charge in [0, 0.05) is 42.0 Å². The van der Waals surface area contributed by atoms with Crippen LogP contribution < -0.4 is 4.72 Å². The quantitative estimate of drug-likeness (QED) is 0.890. The lowest BCUT2D eigenvalue weighted by Crippen LogP contribution is -2.37. The van der Waals surface area contributed by atoms with E-state index in [0.717, 1.165) is 18.2 Å². The summed E-state index contributed by atoms with van der Waals surface area (Å²) in [6.07, 6.45) is 3.71. The number of fused-ring (bicyclic) bond motifs is 1. The maximum Gasteiger partial charge on any atom is 0.254 e. The normalized spacial score (nSPS) is 14.8. The van der Waals surface area contributed by atoms with E-state index in [1.807, 2.05) is 10.9 Å². The van der Waals surface area contributed by atoms with Crippen molar-refractivity contribution in [2.24, 2.45) is 0 Å². The molecule has 0 fully saturated rings. The number of benzene rings is 1. The first kappa shape index (κ1) is 18.4. The Kier molecular flexibility index (Phi) is 4.56. The summed E-state index contributed by atoms with van der Waals surface area (Å²) in [5.74, 6) is -0.0648. The van der Waals surface area contributed by atoms with Gasteiger partial charge in [0.2, 0.25) is 10.0 Å². The molecular formula is C18H24N4O3S. The Bertz CT molecular complexity index is 924. The maximum atomic E-state index is 12.8. The van der Waals surface area contributed by atoms with Crippen molar-refractivity contribution in [3.05, 3.63) is 47.3 Å². The minimum atomic E-state index is -3.33. The second-order valence-electron chi connectivity index (χ2n) is 7.63. The molecular weight excluding hydrogens is 352 g/mol. The van der Waals surface area contributed by atoms with Crippen LogP contribution in [0.25, 0.3) is 0 Å². The molecule has 0 atom stereocenters. The Morgan fingerprint density at radius 3 is 2.42 bits per heavy atom. The first-order valence-electron chi connectivity index (χ1n) is 8.48. The van der Waals surface area contributed by atoms with Gasteiger partial charge in [-0.1, -0.05) is 0 Å². The first-order valence-corrected chi connectivity index (χ1v) is 10.4. The van der Waals surface area contributed by atoms with Gasteiger partial charge in [-0.05, 0) is 45.0 Å². The van der Waals surface area contributed by atoms with Gasteiger partial charge in [-0.15, -0.1) is 0 Å². The third kappa shape index (κ3) is 3.90. The smallest absolute Gasteiger partial charge is 0.254 e. The summed E-state index contributed by atoms with van der Waals surface area (Å²) < 4.78 is 27.0. The van der Waals surface area contributed by atoms with E-state index in [1.54, 1.807) is 29.2 Å². The molecule has 3 rings (SSSR count). The lowest BCUT2D eigenvalue weighted by Gasteiger charge is -2.30. The van der Waals surface area contributed by atoms with Gasteiger partial charge in [-0.2, -0.15) is 5.10 Å². The van der Waals surface area contributed by atoms with E-state index >= 15 is 0 Å². The molecule has 0 bridgehead atoms. The number of anilines is 1. The van der Waals surface area contributed by atoms with E-state index in [-0.39, 0.29) is 11.4 Å². The van der Waals surface area contributed by atoms with Crippen molar-refractivity contribution in [2.45, 2.75) is 39.3 Å². The zero-order valence-corrected chi connectivity index (χ0v) is 16.3. The summed E-state index contributed by atoms with van der Waals surface area (Å²) in [7, 11) is -3.33. The predicted octanol–water partition coefficient (Wildman–Crippen LogP) is 2.21. The molecule has 2 heterocycles. The van der Waals surface area contributed by atoms with Gasteiger partial charge < -0.3 is 4.90 Å². The van der Waals surface area contributed by atoms with Crippen molar-refractivity contribution in [3.63, 3.8) is 0 Å². The number of nitrogens with zero attached hydrogens (tertiary/aromatic N) is 3. The van der Waals surface area contributed by atoms with Gasteiger partial charge >= 0.3 is 0 Å². The van der Waals surface area contributed by atoms with E-state index in [1.165, 1.54) is 5.69 Å². The molecule has 1 N–H and O–H groups in total. The molecule has 0 saturated carbocycles. The standard InChI is InChI=1S/C18H24N4O3S/c1-18(2,3)22-16-9-10-21(12-14(16)11-19-22)17(23)13-5-7-15(8-6-13)20-26(4,24)25/h5-8,11,20H,9-10,12H2,1-4H3. The summed E-state index contributed by atoms with van der Waals surface area (Å²) >= 11 is 0. The van der Waals surface area contributed by atoms with Crippen LogP contribution in [0.15, 0.2) is 30.5 Å². The number of nitrogens with one attached hydrogen (secondary N) is 1. The zero-order valence-electron chi connectivity index (χ0n) is 15.5. The highest BCUT2D eigenvalue weighted by atomic mass is 32.2. The average Bonchev–Trinajstić information content (AvgIpc) is 2.96. The zero-order chi connectivity index (χ0) is 19.1. The van der Waals surface area contributed by atoms with E-state index in [0.29, 0.717) is 24.3 Å². The van der Waals surface area contributed by atoms with Crippen molar-refractivity contribution in [1.82, 2.24) is 14.7 Å². The molecule has 2 aromatic rings. The Balaban J connectivity index is 1.75. The van der Waals surface area contributed by atoms with Crippen LogP contribution in [-0.4, -0.2) is 41.8 Å². The van der Waals surface area contributed by atoms with Gasteiger partial charge in [0.05, 0.1) is 18.0 Å². The molecule has 8 heteroatoms. The molecule has 1 aliphatic heterocycles. The molecule has 0 unspecified atom stereocenters. The summed E-state index contributed by atoms with van der Waals surface area (Å²) in [6, 6.07) is 6.48. The van der Waals surface area contributed by atoms with Gasteiger partial charge in [-0.25, -0.2) is 8.42 Å². The molecule has 26 heavy (non-hydrogen) atoms. The Morgan fingerprint density at radius 1 is 1.19 bits per heavy atom. The molecule has 1 aromatic carbocycles. The van der Waals surface area contributed by atoms with Crippen LogP contribution in [0.3, 0.4) is 0 Å². The Morgan fingerprint density at radius 2 is 1.85 bits per heavy atom. The second-order valence-corrected chi connectivity index (χ2v) is 9.38. The number of rotatable bonds is 3. The molecule has 0 aliphatic carbocycles. The SMILES string of the molecule is CC(C)(C)n1ncc2c1CCN(C(=O)c1ccc(NS(C)(=O)=O)cc1)C2. The topological polar surface area (TPSA) is 84.3 Å². The second kappa shape index (κ2) is 6.42. The van der Waals surface area contributed by atoms with Crippen molar-refractivity contribution in [2.75, 3.05) is 17.5 Å². The van der Waals surface area contributed by atoms with Gasteiger partial charge in [-0.3, -0.25) is 14.2 Å². The number of amides is 1. The van der Waals surface area contributed by atoms with Crippen molar-refractivity contribution in [1.29, 1.82) is 0 Å². The van der Waals surface area contributed by atoms with Crippen LogP contribution in [0.4, 0.5) is 5.69 Å². The highest BCUT2D eigenvalue weighted by Crippen LogP contribution is 2.25. The van der Waals surface area contributed by atoms with Crippen LogP contribution >= 0.6 is 0 Å². The van der Waals surface area contributed by atoms with Gasteiger partial charge in [0.1, 0.15) is 0 Å². The molecule has 1 aliphatic rings. The number of carbonyl (C=O) groups is 1. The van der Waals surface area contributed by atoms with Crippen molar-refractivity contribution in [3.8, 4) is 0 Å². The van der Waals surface area contributed by atoms with E-state index in [9.17, 15) is 13.2 Å². The van der Waals surface area contributed by atoms with Crippen molar-refractivity contribution < 1.29 is 13.2 Å². The predicted molar refractivity (Wildman–Crippen MR) is 101 cm³/mol. The van der Waals surface area contributed by atoms with Crippen molar-refractivity contribution >= 4 is 21.6 Å². The molecule has 7 nitrogen and oxygen atoms in total. The molecule has 0 saturated heterocycles. The lowest BCUT2D eigenvalue weighted by atomic mass is 10.0. The molecule has 1 aromatic heterocycles. The number of hydrogen-bond acceptors (Lipinski definition) is 4. The molecule has 140 valence electrons. The van der Waals surface area contributed by atoms with Gasteiger partial charge in [0.15, 0.2) is 0 Å². The van der Waals surface area contributed by atoms with E-state index in [4.69, 9.17) is 0 Å². The molecule has 1 amide bonds. The molecule has 0 radical (unpaired) electrons. The third-order valence-corrected chi connectivity index (χ3v) is 4.90.